The van der Waals surface area contributed by atoms with Gasteiger partial charge in [0.2, 0.25) is 0 Å². The molecular weight excluding hydrogens is 310 g/mol. The molecule has 1 aliphatic carbocycles. The van der Waals surface area contributed by atoms with Gasteiger partial charge in [0.25, 0.3) is 0 Å². The van der Waals surface area contributed by atoms with Crippen molar-refractivity contribution in [3.8, 4) is 10.6 Å². The number of thiazole rings is 1. The van der Waals surface area contributed by atoms with Crippen LogP contribution in [-0.4, -0.2) is 16.7 Å². The molecule has 0 amide bonds. The van der Waals surface area contributed by atoms with Gasteiger partial charge in [0.15, 0.2) is 0 Å². The molecule has 1 heterocycles. The summed E-state index contributed by atoms with van der Waals surface area (Å²) in [4.78, 5) is 5.67. The van der Waals surface area contributed by atoms with Gasteiger partial charge in [-0.05, 0) is 52.4 Å². The van der Waals surface area contributed by atoms with Crippen LogP contribution in [0.3, 0.4) is 0 Å². The maximum absolute atomic E-state index is 9.01. The molecule has 0 bridgehead atoms. The molecule has 0 saturated heterocycles. The monoisotopic (exact) mass is 323 g/mol. The van der Waals surface area contributed by atoms with E-state index in [9.17, 15) is 0 Å². The van der Waals surface area contributed by atoms with E-state index in [1.165, 1.54) is 36.0 Å². The number of aromatic nitrogens is 1. The Hall–Kier alpha value is -0.710. The molecule has 2 nitrogen and oxygen atoms in total. The Morgan fingerprint density at radius 3 is 2.94 bits per heavy atom. The summed E-state index contributed by atoms with van der Waals surface area (Å²) in [5, 5.41) is 10.1. The molecule has 18 heavy (non-hydrogen) atoms. The number of aryl methyl sites for hydroxylation is 2. The highest BCUT2D eigenvalue weighted by molar-refractivity contribution is 9.10. The van der Waals surface area contributed by atoms with Crippen molar-refractivity contribution in [1.29, 1.82) is 0 Å². The highest BCUT2D eigenvalue weighted by atomic mass is 79.9. The lowest BCUT2D eigenvalue weighted by molar-refractivity contribution is 0.300. The zero-order valence-electron chi connectivity index (χ0n) is 9.95. The third kappa shape index (κ3) is 2.25. The van der Waals surface area contributed by atoms with Crippen molar-refractivity contribution < 1.29 is 5.11 Å². The first kappa shape index (κ1) is 12.3. The lowest BCUT2D eigenvalue weighted by Crippen LogP contribution is -1.86. The lowest BCUT2D eigenvalue weighted by atomic mass is 10.1. The molecule has 2 aromatic rings. The van der Waals surface area contributed by atoms with Crippen molar-refractivity contribution in [1.82, 2.24) is 4.98 Å². The second-order valence-electron chi connectivity index (χ2n) is 4.54. The summed E-state index contributed by atoms with van der Waals surface area (Å²) in [6.07, 6.45) is 4.35. The number of fused-ring (bicyclic) bond motifs is 1. The summed E-state index contributed by atoms with van der Waals surface area (Å²) in [5.74, 6) is 0. The van der Waals surface area contributed by atoms with Gasteiger partial charge in [0, 0.05) is 23.5 Å². The molecule has 1 aliphatic rings. The molecule has 1 aromatic carbocycles. The molecule has 0 saturated carbocycles. The second-order valence-corrected chi connectivity index (χ2v) is 6.38. The van der Waals surface area contributed by atoms with E-state index in [-0.39, 0.29) is 6.61 Å². The minimum atomic E-state index is 0.171. The van der Waals surface area contributed by atoms with Crippen LogP contribution in [0.2, 0.25) is 0 Å². The van der Waals surface area contributed by atoms with Gasteiger partial charge >= 0.3 is 0 Å². The highest BCUT2D eigenvalue weighted by Gasteiger charge is 2.14. The van der Waals surface area contributed by atoms with E-state index < -0.39 is 0 Å². The number of hydrogen-bond donors (Lipinski definition) is 1. The van der Waals surface area contributed by atoms with E-state index in [0.29, 0.717) is 6.42 Å². The minimum Gasteiger partial charge on any atom is -0.396 e. The topological polar surface area (TPSA) is 33.1 Å². The van der Waals surface area contributed by atoms with Crippen LogP contribution in [0, 0.1) is 0 Å². The zero-order valence-corrected chi connectivity index (χ0v) is 12.4. The van der Waals surface area contributed by atoms with Crippen LogP contribution in [0.25, 0.3) is 10.6 Å². The van der Waals surface area contributed by atoms with E-state index >= 15 is 0 Å². The van der Waals surface area contributed by atoms with Crippen molar-refractivity contribution in [2.45, 2.75) is 25.7 Å². The van der Waals surface area contributed by atoms with Gasteiger partial charge in [0.1, 0.15) is 9.61 Å². The molecule has 94 valence electrons. The van der Waals surface area contributed by atoms with E-state index in [2.05, 4.69) is 39.1 Å². The van der Waals surface area contributed by atoms with Gasteiger partial charge in [-0.1, -0.05) is 12.1 Å². The molecule has 0 radical (unpaired) electrons. The van der Waals surface area contributed by atoms with Crippen LogP contribution in [0.4, 0.5) is 0 Å². The summed E-state index contributed by atoms with van der Waals surface area (Å²) in [5.41, 5.74) is 4.16. The number of benzene rings is 1. The molecule has 3 rings (SSSR count). The van der Waals surface area contributed by atoms with Crippen LogP contribution in [-0.2, 0) is 19.3 Å². The molecule has 1 aromatic heterocycles. The molecule has 0 atom stereocenters. The lowest BCUT2D eigenvalue weighted by Gasteiger charge is -2.01. The van der Waals surface area contributed by atoms with Gasteiger partial charge in [0.05, 0.1) is 0 Å². The first-order chi connectivity index (χ1) is 8.78. The van der Waals surface area contributed by atoms with Crippen LogP contribution >= 0.6 is 27.3 Å². The first-order valence-electron chi connectivity index (χ1n) is 6.16. The first-order valence-corrected chi connectivity index (χ1v) is 7.77. The van der Waals surface area contributed by atoms with Gasteiger partial charge in [-0.15, -0.1) is 11.3 Å². The normalized spacial score (nSPS) is 13.9. The summed E-state index contributed by atoms with van der Waals surface area (Å²) in [6, 6.07) is 6.67. The summed E-state index contributed by atoms with van der Waals surface area (Å²) in [7, 11) is 0. The summed E-state index contributed by atoms with van der Waals surface area (Å²) < 4.78 is 0.872. The number of aliphatic hydroxyl groups is 1. The van der Waals surface area contributed by atoms with Crippen molar-refractivity contribution in [2.75, 3.05) is 6.61 Å². The molecular formula is C14H14BrNOS. The van der Waals surface area contributed by atoms with E-state index in [1.54, 1.807) is 11.3 Å². The van der Waals surface area contributed by atoms with Gasteiger partial charge < -0.3 is 5.11 Å². The number of halogens is 1. The molecule has 0 fully saturated rings. The quantitative estimate of drug-likeness (QED) is 0.936. The number of hydrogen-bond acceptors (Lipinski definition) is 3. The molecule has 0 unspecified atom stereocenters. The van der Waals surface area contributed by atoms with Crippen molar-refractivity contribution >= 4 is 27.3 Å². The van der Waals surface area contributed by atoms with Crippen LogP contribution in [0.5, 0.6) is 0 Å². The number of aliphatic hydroxyl groups excluding tert-OH is 1. The van der Waals surface area contributed by atoms with Crippen molar-refractivity contribution in [2.24, 2.45) is 0 Å². The third-order valence-corrected chi connectivity index (χ3v) is 5.42. The molecule has 4 heteroatoms. The highest BCUT2D eigenvalue weighted by Crippen LogP contribution is 2.33. The van der Waals surface area contributed by atoms with E-state index in [4.69, 9.17) is 5.11 Å². The minimum absolute atomic E-state index is 0.171. The third-order valence-electron chi connectivity index (χ3n) is 3.33. The Labute approximate surface area is 119 Å². The standard InChI is InChI=1S/C14H14BrNOS/c15-13-12(6-7-17)18-14(16-13)11-5-4-9-2-1-3-10(9)8-11/h4-5,8,17H,1-3,6-7H2. The Balaban J connectivity index is 1.97. The van der Waals surface area contributed by atoms with Crippen LogP contribution in [0.1, 0.15) is 22.4 Å². The Bertz CT molecular complexity index is 579. The fraction of sp³-hybridized carbons (Fsp3) is 0.357. The molecule has 1 N–H and O–H groups in total. The van der Waals surface area contributed by atoms with Gasteiger partial charge in [-0.3, -0.25) is 0 Å². The van der Waals surface area contributed by atoms with E-state index in [1.807, 2.05) is 0 Å². The average molecular weight is 324 g/mol. The number of nitrogens with zero attached hydrogens (tertiary/aromatic N) is 1. The number of rotatable bonds is 3. The second kappa shape index (κ2) is 5.11. The maximum atomic E-state index is 9.01. The van der Waals surface area contributed by atoms with Gasteiger partial charge in [-0.2, -0.15) is 0 Å². The Kier molecular flexibility index (Phi) is 3.50. The molecule has 0 spiro atoms. The summed E-state index contributed by atoms with van der Waals surface area (Å²) >= 11 is 5.13. The Morgan fingerprint density at radius 1 is 1.28 bits per heavy atom. The molecule has 0 aliphatic heterocycles. The predicted molar refractivity (Wildman–Crippen MR) is 78.1 cm³/mol. The Morgan fingerprint density at radius 2 is 2.11 bits per heavy atom. The van der Waals surface area contributed by atoms with Gasteiger partial charge in [-0.25, -0.2) is 4.98 Å². The maximum Gasteiger partial charge on any atom is 0.124 e. The van der Waals surface area contributed by atoms with Crippen LogP contribution < -0.4 is 0 Å². The fourth-order valence-electron chi connectivity index (χ4n) is 2.42. The SMILES string of the molecule is OCCc1sc(-c2ccc3c(c2)CCC3)nc1Br. The fourth-order valence-corrected chi connectivity index (χ4v) is 4.09. The zero-order chi connectivity index (χ0) is 12.5. The van der Waals surface area contributed by atoms with Crippen molar-refractivity contribution in [3.63, 3.8) is 0 Å². The smallest absolute Gasteiger partial charge is 0.124 e. The van der Waals surface area contributed by atoms with E-state index in [0.717, 1.165) is 14.5 Å². The average Bonchev–Trinajstić information content (AvgIpc) is 2.96. The summed E-state index contributed by atoms with van der Waals surface area (Å²) in [6.45, 7) is 0.171. The predicted octanol–water partition coefficient (Wildman–Crippen LogP) is 3.60. The van der Waals surface area contributed by atoms with Crippen LogP contribution in [0.15, 0.2) is 22.8 Å². The van der Waals surface area contributed by atoms with Crippen molar-refractivity contribution in [3.05, 3.63) is 38.8 Å². The largest absolute Gasteiger partial charge is 0.396 e.